The highest BCUT2D eigenvalue weighted by atomic mass is 19.3. The zero-order valence-corrected chi connectivity index (χ0v) is 16.1. The summed E-state index contributed by atoms with van der Waals surface area (Å²) in [5, 5.41) is 0. The highest BCUT2D eigenvalue weighted by Gasteiger charge is 2.34. The molecule has 4 nitrogen and oxygen atoms in total. The van der Waals surface area contributed by atoms with Crippen LogP contribution in [0, 0.1) is 0 Å². The summed E-state index contributed by atoms with van der Waals surface area (Å²) in [4.78, 5) is 16.8. The van der Waals surface area contributed by atoms with Crippen LogP contribution in [0.4, 0.5) is 8.78 Å². The molecule has 0 spiro atoms. The lowest BCUT2D eigenvalue weighted by molar-refractivity contribution is -0.0536. The van der Waals surface area contributed by atoms with E-state index in [1.54, 1.807) is 12.1 Å². The van der Waals surface area contributed by atoms with Crippen molar-refractivity contribution < 1.29 is 18.3 Å². The van der Waals surface area contributed by atoms with E-state index >= 15 is 0 Å². The number of carbonyl (C=O) groups is 1. The van der Waals surface area contributed by atoms with Gasteiger partial charge in [0.05, 0.1) is 13.2 Å². The summed E-state index contributed by atoms with van der Waals surface area (Å²) in [6, 6.07) is 7.87. The van der Waals surface area contributed by atoms with Crippen molar-refractivity contribution in [2.24, 2.45) is 0 Å². The maximum Gasteiger partial charge on any atom is 0.250 e. The van der Waals surface area contributed by atoms with Crippen LogP contribution >= 0.6 is 0 Å². The topological polar surface area (TPSA) is 32.8 Å². The maximum atomic E-state index is 13.2. The molecule has 0 amide bonds. The summed E-state index contributed by atoms with van der Waals surface area (Å²) in [7, 11) is 0. The summed E-state index contributed by atoms with van der Waals surface area (Å²) in [6.45, 7) is 5.83. The minimum absolute atomic E-state index is 0.0449. The Hall–Kier alpha value is -1.53. The molecule has 0 bridgehead atoms. The summed E-state index contributed by atoms with van der Waals surface area (Å²) in [5.74, 6) is -1.93. The van der Waals surface area contributed by atoms with E-state index < -0.39 is 5.92 Å². The molecule has 150 valence electrons. The first-order valence-corrected chi connectivity index (χ1v) is 10.0. The number of ether oxygens (including phenoxy) is 1. The monoisotopic (exact) mass is 380 g/mol. The summed E-state index contributed by atoms with van der Waals surface area (Å²) >= 11 is 0. The molecule has 1 aromatic rings. The average molecular weight is 380 g/mol. The third kappa shape index (κ3) is 5.98. The zero-order valence-electron chi connectivity index (χ0n) is 16.1. The Balaban J connectivity index is 1.43. The van der Waals surface area contributed by atoms with E-state index in [2.05, 4.69) is 11.8 Å². The van der Waals surface area contributed by atoms with Gasteiger partial charge in [-0.2, -0.15) is 0 Å². The molecular formula is C21H30F2N2O2. The minimum atomic E-state index is -2.58. The van der Waals surface area contributed by atoms with Crippen molar-refractivity contribution >= 4 is 5.78 Å². The van der Waals surface area contributed by atoms with Crippen molar-refractivity contribution in [2.75, 3.05) is 39.3 Å². The molecule has 0 saturated carbocycles. The molecule has 6 heteroatoms. The second-order valence-corrected chi connectivity index (χ2v) is 7.81. The Morgan fingerprint density at radius 2 is 2.04 bits per heavy atom. The van der Waals surface area contributed by atoms with Crippen molar-refractivity contribution in [1.29, 1.82) is 0 Å². The van der Waals surface area contributed by atoms with Crippen LogP contribution in [-0.2, 0) is 0 Å². The number of halogens is 2. The molecule has 2 fully saturated rings. The number of hydrogen-bond donors (Lipinski definition) is 0. The predicted octanol–water partition coefficient (Wildman–Crippen LogP) is 3.85. The Morgan fingerprint density at radius 1 is 1.26 bits per heavy atom. The molecule has 1 aromatic carbocycles. The number of ketones is 1. The second-order valence-electron chi connectivity index (χ2n) is 7.81. The number of Topliss-reactive ketones (excluding diaryl/α,β-unsaturated/α-hetero) is 1. The van der Waals surface area contributed by atoms with Crippen LogP contribution in [0.2, 0.25) is 0 Å². The summed E-state index contributed by atoms with van der Waals surface area (Å²) < 4.78 is 32.3. The van der Waals surface area contributed by atoms with E-state index in [9.17, 15) is 13.6 Å². The van der Waals surface area contributed by atoms with E-state index in [1.807, 2.05) is 17.0 Å². The molecule has 2 heterocycles. The molecule has 0 N–H and O–H groups in total. The van der Waals surface area contributed by atoms with Crippen molar-refractivity contribution in [3.63, 3.8) is 0 Å². The third-order valence-electron chi connectivity index (χ3n) is 5.66. The van der Waals surface area contributed by atoms with E-state index in [-0.39, 0.29) is 38.3 Å². The Morgan fingerprint density at radius 3 is 2.74 bits per heavy atom. The molecule has 2 saturated heterocycles. The van der Waals surface area contributed by atoms with E-state index in [4.69, 9.17) is 4.74 Å². The molecule has 27 heavy (non-hydrogen) atoms. The summed E-state index contributed by atoms with van der Waals surface area (Å²) in [6.07, 6.45) is 3.18. The van der Waals surface area contributed by atoms with Crippen LogP contribution in [0.5, 0.6) is 5.75 Å². The van der Waals surface area contributed by atoms with Crippen molar-refractivity contribution in [2.45, 2.75) is 51.0 Å². The van der Waals surface area contributed by atoms with Gasteiger partial charge in [-0.25, -0.2) is 8.78 Å². The first kappa shape index (κ1) is 20.2. The minimum Gasteiger partial charge on any atom is -0.494 e. The van der Waals surface area contributed by atoms with Gasteiger partial charge in [0.1, 0.15) is 5.75 Å². The van der Waals surface area contributed by atoms with Crippen LogP contribution < -0.4 is 4.74 Å². The Kier molecular flexibility index (Phi) is 6.82. The van der Waals surface area contributed by atoms with Gasteiger partial charge in [-0.05, 0) is 44.9 Å². The third-order valence-corrected chi connectivity index (χ3v) is 5.66. The lowest BCUT2D eigenvalue weighted by atomic mass is 10.1. The van der Waals surface area contributed by atoms with Gasteiger partial charge in [-0.15, -0.1) is 0 Å². The SMILES string of the molecule is C[C@@H]1CCCN1CCCOc1cccc(C(=O)CN2CCC(F)(F)CC2)c1. The summed E-state index contributed by atoms with van der Waals surface area (Å²) in [5.41, 5.74) is 0.581. The molecule has 0 aromatic heterocycles. The van der Waals surface area contributed by atoms with Crippen LogP contribution in [-0.4, -0.2) is 66.9 Å². The lowest BCUT2D eigenvalue weighted by Gasteiger charge is -2.31. The van der Waals surface area contributed by atoms with Gasteiger partial charge in [0.15, 0.2) is 5.78 Å². The normalized spacial score (nSPS) is 23.4. The fourth-order valence-electron chi connectivity index (χ4n) is 3.87. The predicted molar refractivity (Wildman–Crippen MR) is 102 cm³/mol. The van der Waals surface area contributed by atoms with E-state index in [0.29, 0.717) is 24.0 Å². The zero-order chi connectivity index (χ0) is 19.3. The number of nitrogens with zero attached hydrogens (tertiary/aromatic N) is 2. The molecule has 0 aliphatic carbocycles. The van der Waals surface area contributed by atoms with Gasteiger partial charge in [0, 0.05) is 44.1 Å². The smallest absolute Gasteiger partial charge is 0.250 e. The number of carbonyl (C=O) groups excluding carboxylic acids is 1. The number of alkyl halides is 2. The first-order valence-electron chi connectivity index (χ1n) is 10.0. The van der Waals surface area contributed by atoms with Crippen molar-refractivity contribution in [3.8, 4) is 5.75 Å². The molecule has 0 radical (unpaired) electrons. The molecule has 2 aliphatic rings. The van der Waals surface area contributed by atoms with E-state index in [0.717, 1.165) is 13.0 Å². The molecule has 2 aliphatic heterocycles. The highest BCUT2D eigenvalue weighted by Crippen LogP contribution is 2.27. The molecule has 0 unspecified atom stereocenters. The molecular weight excluding hydrogens is 350 g/mol. The standard InChI is InChI=1S/C21H30F2N2O2/c1-17-5-3-10-25(17)11-4-14-27-19-7-2-6-18(15-19)20(26)16-24-12-8-21(22,23)9-13-24/h2,6-7,15,17H,3-5,8-14,16H2,1H3/t17-/m1/s1. The van der Waals surface area contributed by atoms with Crippen molar-refractivity contribution in [1.82, 2.24) is 9.80 Å². The van der Waals surface area contributed by atoms with Gasteiger partial charge in [-0.3, -0.25) is 9.69 Å². The Bertz CT molecular complexity index is 628. The lowest BCUT2D eigenvalue weighted by Crippen LogP contribution is -2.41. The second kappa shape index (κ2) is 9.11. The van der Waals surface area contributed by atoms with Gasteiger partial charge in [0.25, 0.3) is 5.92 Å². The first-order chi connectivity index (χ1) is 12.9. The van der Waals surface area contributed by atoms with Crippen LogP contribution in [0.1, 0.15) is 49.4 Å². The van der Waals surface area contributed by atoms with E-state index in [1.165, 1.54) is 19.4 Å². The van der Waals surface area contributed by atoms with Crippen LogP contribution in [0.25, 0.3) is 0 Å². The van der Waals surface area contributed by atoms with Gasteiger partial charge >= 0.3 is 0 Å². The maximum absolute atomic E-state index is 13.2. The number of rotatable bonds is 8. The van der Waals surface area contributed by atoms with Crippen LogP contribution in [0.3, 0.4) is 0 Å². The van der Waals surface area contributed by atoms with Gasteiger partial charge < -0.3 is 9.64 Å². The average Bonchev–Trinajstić information content (AvgIpc) is 3.06. The number of piperidine rings is 1. The highest BCUT2D eigenvalue weighted by molar-refractivity contribution is 5.97. The van der Waals surface area contributed by atoms with Gasteiger partial charge in [-0.1, -0.05) is 12.1 Å². The quantitative estimate of drug-likeness (QED) is 0.507. The van der Waals surface area contributed by atoms with Gasteiger partial charge in [0.2, 0.25) is 0 Å². The fourth-order valence-corrected chi connectivity index (χ4v) is 3.87. The number of hydrogen-bond acceptors (Lipinski definition) is 4. The molecule has 3 rings (SSSR count). The number of benzene rings is 1. The largest absolute Gasteiger partial charge is 0.494 e. The fraction of sp³-hybridized carbons (Fsp3) is 0.667. The number of likely N-dealkylation sites (tertiary alicyclic amines) is 2. The van der Waals surface area contributed by atoms with Crippen LogP contribution in [0.15, 0.2) is 24.3 Å². The Labute approximate surface area is 160 Å². The molecule has 1 atom stereocenters. The van der Waals surface area contributed by atoms with Crippen molar-refractivity contribution in [3.05, 3.63) is 29.8 Å².